The number of benzene rings is 1. The SMILES string of the molecule is C[Si](C)(C)CCOCn1cc(I)c(-c2ccc(F)cc2)n1. The topological polar surface area (TPSA) is 27.1 Å². The molecule has 2 rings (SSSR count). The van der Waals surface area contributed by atoms with Crippen molar-refractivity contribution in [3.63, 3.8) is 0 Å². The lowest BCUT2D eigenvalue weighted by molar-refractivity contribution is 0.0787. The van der Waals surface area contributed by atoms with Gasteiger partial charge in [0.15, 0.2) is 0 Å². The zero-order valence-electron chi connectivity index (χ0n) is 12.6. The standard InChI is InChI=1S/C15H20FIN2OSi/c1-21(2,3)9-8-20-11-19-10-14(17)15(18-19)12-4-6-13(16)7-5-12/h4-7,10H,8-9,11H2,1-3H3. The molecule has 0 spiro atoms. The van der Waals surface area contributed by atoms with E-state index in [0.29, 0.717) is 6.73 Å². The summed E-state index contributed by atoms with van der Waals surface area (Å²) in [4.78, 5) is 0. The molecule has 3 nitrogen and oxygen atoms in total. The largest absolute Gasteiger partial charge is 0.360 e. The summed E-state index contributed by atoms with van der Waals surface area (Å²) >= 11 is 2.24. The fraction of sp³-hybridized carbons (Fsp3) is 0.400. The van der Waals surface area contributed by atoms with Gasteiger partial charge in [0.1, 0.15) is 18.2 Å². The second-order valence-electron chi connectivity index (χ2n) is 6.22. The van der Waals surface area contributed by atoms with E-state index in [1.54, 1.807) is 16.8 Å². The summed E-state index contributed by atoms with van der Waals surface area (Å²) in [6, 6.07) is 7.55. The first-order valence-corrected chi connectivity index (χ1v) is 11.7. The maximum absolute atomic E-state index is 13.0. The van der Waals surface area contributed by atoms with Crippen LogP contribution in [-0.2, 0) is 11.5 Å². The number of hydrogen-bond acceptors (Lipinski definition) is 2. The third-order valence-corrected chi connectivity index (χ3v) is 5.55. The molecule has 0 atom stereocenters. The summed E-state index contributed by atoms with van der Waals surface area (Å²) < 4.78 is 21.5. The second kappa shape index (κ2) is 7.02. The van der Waals surface area contributed by atoms with Gasteiger partial charge in [0.25, 0.3) is 0 Å². The van der Waals surface area contributed by atoms with E-state index in [1.807, 2.05) is 6.20 Å². The minimum Gasteiger partial charge on any atom is -0.360 e. The highest BCUT2D eigenvalue weighted by molar-refractivity contribution is 14.1. The molecule has 1 aromatic carbocycles. The summed E-state index contributed by atoms with van der Waals surface area (Å²) in [7, 11) is -1.05. The molecule has 0 saturated heterocycles. The second-order valence-corrected chi connectivity index (χ2v) is 13.0. The van der Waals surface area contributed by atoms with Gasteiger partial charge in [0.05, 0.1) is 3.57 Å². The Balaban J connectivity index is 1.97. The molecule has 1 aromatic heterocycles. The van der Waals surface area contributed by atoms with Gasteiger partial charge in [0.2, 0.25) is 0 Å². The molecule has 0 radical (unpaired) electrons. The number of nitrogens with zero attached hydrogens (tertiary/aromatic N) is 2. The molecule has 0 aliphatic carbocycles. The fourth-order valence-corrected chi connectivity index (χ4v) is 3.30. The van der Waals surface area contributed by atoms with E-state index < -0.39 is 8.07 Å². The maximum atomic E-state index is 13.0. The van der Waals surface area contributed by atoms with Crippen LogP contribution in [0.4, 0.5) is 4.39 Å². The molecule has 0 saturated carbocycles. The molecule has 0 aliphatic heterocycles. The van der Waals surface area contributed by atoms with E-state index in [1.165, 1.54) is 12.1 Å². The molecule has 1 heterocycles. The van der Waals surface area contributed by atoms with Crippen molar-refractivity contribution in [3.8, 4) is 11.3 Å². The Hall–Kier alpha value is -0.733. The number of ether oxygens (including phenoxy) is 1. The van der Waals surface area contributed by atoms with Gasteiger partial charge in [-0.05, 0) is 52.9 Å². The third-order valence-electron chi connectivity index (χ3n) is 3.05. The van der Waals surface area contributed by atoms with Crippen LogP contribution in [0.25, 0.3) is 11.3 Å². The fourth-order valence-electron chi connectivity index (χ4n) is 1.80. The Morgan fingerprint density at radius 3 is 2.52 bits per heavy atom. The monoisotopic (exact) mass is 418 g/mol. The summed E-state index contributed by atoms with van der Waals surface area (Å²) in [5.41, 5.74) is 1.78. The normalized spacial score (nSPS) is 11.9. The van der Waals surface area contributed by atoms with Crippen LogP contribution in [0.5, 0.6) is 0 Å². The lowest BCUT2D eigenvalue weighted by Gasteiger charge is -2.15. The van der Waals surface area contributed by atoms with Crippen molar-refractivity contribution in [2.45, 2.75) is 32.4 Å². The van der Waals surface area contributed by atoms with E-state index in [4.69, 9.17) is 4.74 Å². The predicted octanol–water partition coefficient (Wildman–Crippen LogP) is 4.61. The van der Waals surface area contributed by atoms with Crippen LogP contribution in [0.1, 0.15) is 0 Å². The minimum absolute atomic E-state index is 0.233. The Morgan fingerprint density at radius 1 is 1.24 bits per heavy atom. The molecular weight excluding hydrogens is 398 g/mol. The molecule has 0 fully saturated rings. The smallest absolute Gasteiger partial charge is 0.139 e. The van der Waals surface area contributed by atoms with Crippen LogP contribution in [0.15, 0.2) is 30.5 Å². The number of halogens is 2. The van der Waals surface area contributed by atoms with Gasteiger partial charge in [-0.2, -0.15) is 5.10 Å². The van der Waals surface area contributed by atoms with Crippen LogP contribution in [0.3, 0.4) is 0 Å². The molecule has 0 N–H and O–H groups in total. The molecule has 0 amide bonds. The van der Waals surface area contributed by atoms with Gasteiger partial charge in [-0.1, -0.05) is 19.6 Å². The highest BCUT2D eigenvalue weighted by Gasteiger charge is 2.13. The highest BCUT2D eigenvalue weighted by atomic mass is 127. The summed E-state index contributed by atoms with van der Waals surface area (Å²) in [5, 5.41) is 4.52. The van der Waals surface area contributed by atoms with E-state index in [9.17, 15) is 4.39 Å². The summed E-state index contributed by atoms with van der Waals surface area (Å²) in [6.45, 7) is 8.24. The van der Waals surface area contributed by atoms with Crippen molar-refractivity contribution >= 4 is 30.7 Å². The average molecular weight is 418 g/mol. The van der Waals surface area contributed by atoms with Crippen molar-refractivity contribution in [2.75, 3.05) is 6.61 Å². The van der Waals surface area contributed by atoms with Crippen LogP contribution < -0.4 is 0 Å². The Kier molecular flexibility index (Phi) is 5.56. The molecule has 2 aromatic rings. The molecule has 0 aliphatic rings. The number of aromatic nitrogens is 2. The molecule has 0 bridgehead atoms. The van der Waals surface area contributed by atoms with Gasteiger partial charge >= 0.3 is 0 Å². The van der Waals surface area contributed by atoms with Crippen LogP contribution in [0.2, 0.25) is 25.7 Å². The number of hydrogen-bond donors (Lipinski definition) is 0. The predicted molar refractivity (Wildman–Crippen MR) is 94.4 cm³/mol. The molecule has 0 unspecified atom stereocenters. The van der Waals surface area contributed by atoms with E-state index in [-0.39, 0.29) is 5.82 Å². The maximum Gasteiger partial charge on any atom is 0.139 e. The van der Waals surface area contributed by atoms with Gasteiger partial charge < -0.3 is 4.74 Å². The van der Waals surface area contributed by atoms with Crippen molar-refractivity contribution in [1.29, 1.82) is 0 Å². The van der Waals surface area contributed by atoms with Gasteiger partial charge in [-0.3, -0.25) is 0 Å². The van der Waals surface area contributed by atoms with E-state index in [0.717, 1.165) is 27.5 Å². The third kappa shape index (κ3) is 5.19. The summed E-state index contributed by atoms with van der Waals surface area (Å²) in [5.74, 6) is -0.233. The highest BCUT2D eigenvalue weighted by Crippen LogP contribution is 2.23. The van der Waals surface area contributed by atoms with E-state index in [2.05, 4.69) is 47.3 Å². The van der Waals surface area contributed by atoms with Crippen molar-refractivity contribution in [1.82, 2.24) is 9.78 Å². The van der Waals surface area contributed by atoms with E-state index >= 15 is 0 Å². The minimum atomic E-state index is -1.05. The lowest BCUT2D eigenvalue weighted by Crippen LogP contribution is -2.22. The van der Waals surface area contributed by atoms with Crippen molar-refractivity contribution < 1.29 is 9.13 Å². The Morgan fingerprint density at radius 2 is 1.90 bits per heavy atom. The van der Waals surface area contributed by atoms with Crippen molar-refractivity contribution in [2.24, 2.45) is 0 Å². The molecule has 114 valence electrons. The van der Waals surface area contributed by atoms with Crippen LogP contribution in [-0.4, -0.2) is 24.5 Å². The molecular formula is C15H20FIN2OSi. The first-order chi connectivity index (χ1) is 9.85. The Labute approximate surface area is 139 Å². The molecule has 6 heteroatoms. The van der Waals surface area contributed by atoms with Crippen LogP contribution >= 0.6 is 22.6 Å². The average Bonchev–Trinajstić information content (AvgIpc) is 2.76. The Bertz CT molecular complexity index is 593. The lowest BCUT2D eigenvalue weighted by atomic mass is 10.1. The zero-order chi connectivity index (χ0) is 15.5. The quantitative estimate of drug-likeness (QED) is 0.389. The van der Waals surface area contributed by atoms with Gasteiger partial charge in [-0.25, -0.2) is 9.07 Å². The van der Waals surface area contributed by atoms with Gasteiger partial charge in [0, 0.05) is 26.4 Å². The van der Waals surface area contributed by atoms with Crippen molar-refractivity contribution in [3.05, 3.63) is 39.8 Å². The summed E-state index contributed by atoms with van der Waals surface area (Å²) in [6.07, 6.45) is 1.95. The first-order valence-electron chi connectivity index (χ1n) is 6.92. The molecule has 21 heavy (non-hydrogen) atoms. The zero-order valence-corrected chi connectivity index (χ0v) is 15.7. The number of rotatable bonds is 6. The van der Waals surface area contributed by atoms with Crippen LogP contribution in [0, 0.1) is 9.39 Å². The van der Waals surface area contributed by atoms with Gasteiger partial charge in [-0.15, -0.1) is 0 Å². The first kappa shape index (κ1) is 16.6.